The maximum Gasteiger partial charge on any atom is 0.326 e. The van der Waals surface area contributed by atoms with Gasteiger partial charge in [0.05, 0.1) is 12.1 Å². The highest BCUT2D eigenvalue weighted by Gasteiger charge is 2.29. The Labute approximate surface area is 113 Å². The van der Waals surface area contributed by atoms with Gasteiger partial charge < -0.3 is 20.9 Å². The van der Waals surface area contributed by atoms with Crippen molar-refractivity contribution in [2.24, 2.45) is 11.7 Å². The van der Waals surface area contributed by atoms with Crippen molar-refractivity contribution in [1.29, 1.82) is 0 Å². The third kappa shape index (κ3) is 4.80. The lowest BCUT2D eigenvalue weighted by Gasteiger charge is -2.22. The monoisotopic (exact) mass is 272 g/mol. The largest absolute Gasteiger partial charge is 0.480 e. The standard InChI is InChI=1S/C13H24N2O4/c1-3-8(2)11(14)12(16)15-10(13(17)18)7-9-5-4-6-19-9/h8-11H,3-7,14H2,1-2H3,(H,15,16)(H,17,18)/t8?,9-,10?,11?/m0/s1. The van der Waals surface area contributed by atoms with Gasteiger partial charge >= 0.3 is 5.97 Å². The van der Waals surface area contributed by atoms with Crippen LogP contribution in [-0.4, -0.2) is 41.8 Å². The van der Waals surface area contributed by atoms with E-state index in [0.29, 0.717) is 13.0 Å². The highest BCUT2D eigenvalue weighted by Crippen LogP contribution is 2.17. The molecule has 4 atom stereocenters. The van der Waals surface area contributed by atoms with E-state index >= 15 is 0 Å². The number of amides is 1. The van der Waals surface area contributed by atoms with Crippen LogP contribution in [0.1, 0.15) is 39.5 Å². The number of aliphatic carboxylic acids is 1. The normalized spacial score (nSPS) is 23.6. The molecule has 0 saturated carbocycles. The Morgan fingerprint density at radius 2 is 2.21 bits per heavy atom. The molecule has 6 heteroatoms. The first-order chi connectivity index (χ1) is 8.95. The Morgan fingerprint density at radius 1 is 1.53 bits per heavy atom. The number of hydrogen-bond acceptors (Lipinski definition) is 4. The molecule has 1 saturated heterocycles. The second-order valence-electron chi connectivity index (χ2n) is 5.18. The van der Waals surface area contributed by atoms with E-state index in [1.54, 1.807) is 0 Å². The summed E-state index contributed by atoms with van der Waals surface area (Å²) in [4.78, 5) is 23.1. The van der Waals surface area contributed by atoms with Crippen LogP contribution in [0.15, 0.2) is 0 Å². The van der Waals surface area contributed by atoms with Crippen LogP contribution in [-0.2, 0) is 14.3 Å². The highest BCUT2D eigenvalue weighted by atomic mass is 16.5. The minimum Gasteiger partial charge on any atom is -0.480 e. The van der Waals surface area contributed by atoms with Gasteiger partial charge in [-0.3, -0.25) is 4.79 Å². The summed E-state index contributed by atoms with van der Waals surface area (Å²) < 4.78 is 5.40. The fourth-order valence-electron chi connectivity index (χ4n) is 2.09. The quantitative estimate of drug-likeness (QED) is 0.626. The summed E-state index contributed by atoms with van der Waals surface area (Å²) in [5.74, 6) is -1.42. The molecular weight excluding hydrogens is 248 g/mol. The molecule has 0 aromatic heterocycles. The molecular formula is C13H24N2O4. The minimum atomic E-state index is -1.04. The van der Waals surface area contributed by atoms with Crippen molar-refractivity contribution >= 4 is 11.9 Å². The average Bonchev–Trinajstić information content (AvgIpc) is 2.88. The molecule has 0 radical (unpaired) electrons. The van der Waals surface area contributed by atoms with E-state index in [1.807, 2.05) is 13.8 Å². The summed E-state index contributed by atoms with van der Waals surface area (Å²) in [6.07, 6.45) is 2.78. The number of carbonyl (C=O) groups excluding carboxylic acids is 1. The number of nitrogens with one attached hydrogen (secondary N) is 1. The van der Waals surface area contributed by atoms with Crippen LogP contribution in [0.4, 0.5) is 0 Å². The number of carboxylic acids is 1. The summed E-state index contributed by atoms with van der Waals surface area (Å²) in [7, 11) is 0. The molecule has 4 N–H and O–H groups in total. The second kappa shape index (κ2) is 7.45. The molecule has 1 heterocycles. The summed E-state index contributed by atoms with van der Waals surface area (Å²) in [5.41, 5.74) is 5.79. The molecule has 6 nitrogen and oxygen atoms in total. The number of nitrogens with two attached hydrogens (primary N) is 1. The van der Waals surface area contributed by atoms with Crippen molar-refractivity contribution in [2.45, 2.75) is 57.7 Å². The smallest absolute Gasteiger partial charge is 0.326 e. The maximum absolute atomic E-state index is 11.9. The third-order valence-corrected chi connectivity index (χ3v) is 3.70. The van der Waals surface area contributed by atoms with Crippen LogP contribution in [0.3, 0.4) is 0 Å². The Morgan fingerprint density at radius 3 is 2.68 bits per heavy atom. The second-order valence-corrected chi connectivity index (χ2v) is 5.18. The predicted octanol–water partition coefficient (Wildman–Crippen LogP) is 0.498. The van der Waals surface area contributed by atoms with Gasteiger partial charge in [0.25, 0.3) is 0 Å². The highest BCUT2D eigenvalue weighted by molar-refractivity contribution is 5.86. The van der Waals surface area contributed by atoms with E-state index in [-0.39, 0.29) is 12.0 Å². The van der Waals surface area contributed by atoms with Crippen molar-refractivity contribution < 1.29 is 19.4 Å². The van der Waals surface area contributed by atoms with E-state index in [4.69, 9.17) is 15.6 Å². The molecule has 1 rings (SSSR count). The predicted molar refractivity (Wildman–Crippen MR) is 70.6 cm³/mol. The molecule has 3 unspecified atom stereocenters. The van der Waals surface area contributed by atoms with E-state index in [1.165, 1.54) is 0 Å². The van der Waals surface area contributed by atoms with Gasteiger partial charge in [-0.05, 0) is 18.8 Å². The van der Waals surface area contributed by atoms with Gasteiger partial charge in [-0.1, -0.05) is 20.3 Å². The molecule has 0 bridgehead atoms. The van der Waals surface area contributed by atoms with Gasteiger partial charge in [-0.25, -0.2) is 4.79 Å². The third-order valence-electron chi connectivity index (χ3n) is 3.70. The van der Waals surface area contributed by atoms with E-state index in [2.05, 4.69) is 5.32 Å². The summed E-state index contributed by atoms with van der Waals surface area (Å²) in [6, 6.07) is -1.60. The first-order valence-electron chi connectivity index (χ1n) is 6.86. The first kappa shape index (κ1) is 15.9. The fraction of sp³-hybridized carbons (Fsp3) is 0.846. The van der Waals surface area contributed by atoms with Crippen LogP contribution in [0, 0.1) is 5.92 Å². The van der Waals surface area contributed by atoms with Crippen molar-refractivity contribution in [3.63, 3.8) is 0 Å². The Balaban J connectivity index is 2.52. The molecule has 0 aromatic rings. The number of carboxylic acid groups (broad SMARTS) is 1. The zero-order valence-electron chi connectivity index (χ0n) is 11.6. The lowest BCUT2D eigenvalue weighted by molar-refractivity contribution is -0.143. The van der Waals surface area contributed by atoms with Gasteiger partial charge in [0.15, 0.2) is 0 Å². The van der Waals surface area contributed by atoms with E-state index < -0.39 is 24.0 Å². The van der Waals surface area contributed by atoms with Crippen LogP contribution in [0.5, 0.6) is 0 Å². The van der Waals surface area contributed by atoms with Gasteiger partial charge in [0.1, 0.15) is 6.04 Å². The Hall–Kier alpha value is -1.14. The van der Waals surface area contributed by atoms with Crippen LogP contribution < -0.4 is 11.1 Å². The molecule has 1 amide bonds. The molecule has 110 valence electrons. The zero-order chi connectivity index (χ0) is 14.4. The number of hydrogen-bond donors (Lipinski definition) is 3. The SMILES string of the molecule is CCC(C)C(N)C(=O)NC(C[C@@H]1CCCO1)C(=O)O. The van der Waals surface area contributed by atoms with Crippen molar-refractivity contribution in [2.75, 3.05) is 6.61 Å². The first-order valence-corrected chi connectivity index (χ1v) is 6.86. The lowest BCUT2D eigenvalue weighted by Crippen LogP contribution is -2.51. The summed E-state index contributed by atoms with van der Waals surface area (Å²) in [6.45, 7) is 4.48. The number of carbonyl (C=O) groups is 2. The van der Waals surface area contributed by atoms with Crippen molar-refractivity contribution in [3.05, 3.63) is 0 Å². The van der Waals surface area contributed by atoms with E-state index in [9.17, 15) is 9.59 Å². The molecule has 1 aliphatic rings. The molecule has 19 heavy (non-hydrogen) atoms. The topological polar surface area (TPSA) is 102 Å². The van der Waals surface area contributed by atoms with Gasteiger partial charge in [-0.2, -0.15) is 0 Å². The Kier molecular flexibility index (Phi) is 6.24. The molecule has 0 spiro atoms. The summed E-state index contributed by atoms with van der Waals surface area (Å²) >= 11 is 0. The lowest BCUT2D eigenvalue weighted by atomic mass is 9.98. The average molecular weight is 272 g/mol. The van der Waals surface area contributed by atoms with Crippen LogP contribution >= 0.6 is 0 Å². The van der Waals surface area contributed by atoms with Crippen LogP contribution in [0.2, 0.25) is 0 Å². The minimum absolute atomic E-state index is 0.0252. The Bertz CT molecular complexity index is 316. The van der Waals surface area contributed by atoms with Crippen LogP contribution in [0.25, 0.3) is 0 Å². The van der Waals surface area contributed by atoms with E-state index in [0.717, 1.165) is 19.3 Å². The number of rotatable bonds is 7. The van der Waals surface area contributed by atoms with Gasteiger partial charge in [0.2, 0.25) is 5.91 Å². The van der Waals surface area contributed by atoms with Crippen molar-refractivity contribution in [1.82, 2.24) is 5.32 Å². The summed E-state index contributed by atoms with van der Waals surface area (Å²) in [5, 5.41) is 11.7. The molecule has 1 fully saturated rings. The number of ether oxygens (including phenoxy) is 1. The fourth-order valence-corrected chi connectivity index (χ4v) is 2.09. The van der Waals surface area contributed by atoms with Crippen molar-refractivity contribution in [3.8, 4) is 0 Å². The molecule has 0 aliphatic carbocycles. The maximum atomic E-state index is 11.9. The zero-order valence-corrected chi connectivity index (χ0v) is 11.6. The molecule has 1 aliphatic heterocycles. The molecule has 0 aromatic carbocycles. The van der Waals surface area contributed by atoms with Gasteiger partial charge in [0, 0.05) is 13.0 Å². The van der Waals surface area contributed by atoms with Gasteiger partial charge in [-0.15, -0.1) is 0 Å².